The van der Waals surface area contributed by atoms with E-state index in [-0.39, 0.29) is 0 Å². The summed E-state index contributed by atoms with van der Waals surface area (Å²) in [6.45, 7) is 0. The number of pyridine rings is 1. The van der Waals surface area contributed by atoms with Gasteiger partial charge in [-0.3, -0.25) is 4.98 Å². The zero-order valence-electron chi connectivity index (χ0n) is 5.99. The molecule has 0 aliphatic rings. The monoisotopic (exact) mass is 147 g/mol. The van der Waals surface area contributed by atoms with Gasteiger partial charge in [0.15, 0.2) is 0 Å². The van der Waals surface area contributed by atoms with Gasteiger partial charge >= 0.3 is 0 Å². The lowest BCUT2D eigenvalue weighted by atomic mass is 10.3. The molecule has 0 unspecified atom stereocenters. The Kier molecular flexibility index (Phi) is 2.38. The number of nitrogens with two attached hydrogens (primary N) is 1. The van der Waals surface area contributed by atoms with E-state index < -0.39 is 0 Å². The average Bonchev–Trinajstić information content (AvgIpc) is 2.07. The Bertz CT molecular complexity index is 264. The minimum absolute atomic E-state index is 0.514. The van der Waals surface area contributed by atoms with Crippen LogP contribution in [0.15, 0.2) is 30.5 Å². The summed E-state index contributed by atoms with van der Waals surface area (Å²) < 4.78 is 0. The second-order valence-corrected chi connectivity index (χ2v) is 2.00. The lowest BCUT2D eigenvalue weighted by Crippen LogP contribution is -1.98. The van der Waals surface area contributed by atoms with Crippen molar-refractivity contribution in [3.05, 3.63) is 36.2 Å². The summed E-state index contributed by atoms with van der Waals surface area (Å²) in [6.07, 6.45) is 4.31. The van der Waals surface area contributed by atoms with E-state index >= 15 is 0 Å². The molecule has 1 aromatic rings. The highest BCUT2D eigenvalue weighted by Gasteiger charge is 1.92. The standard InChI is InChI=1S/C8H9N3/c9-5-4-7(10)8-3-1-2-6-11-8/h1-6,9H,10H2/b7-4+,9-5?. The Balaban J connectivity index is 2.94. The predicted molar refractivity (Wildman–Crippen MR) is 45.2 cm³/mol. The maximum atomic E-state index is 6.77. The molecule has 3 N–H and O–H groups in total. The minimum Gasteiger partial charge on any atom is -0.397 e. The first-order valence-electron chi connectivity index (χ1n) is 3.22. The lowest BCUT2D eigenvalue weighted by molar-refractivity contribution is 1.26. The summed E-state index contributed by atoms with van der Waals surface area (Å²) in [5, 5.41) is 6.77. The van der Waals surface area contributed by atoms with Crippen molar-refractivity contribution in [2.75, 3.05) is 0 Å². The number of allylic oxidation sites excluding steroid dienone is 1. The minimum atomic E-state index is 0.514. The Morgan fingerprint density at radius 2 is 2.36 bits per heavy atom. The molecule has 0 atom stereocenters. The molecule has 0 aromatic carbocycles. The van der Waals surface area contributed by atoms with Gasteiger partial charge in [-0.05, 0) is 18.2 Å². The van der Waals surface area contributed by atoms with Crippen molar-refractivity contribution in [2.24, 2.45) is 5.73 Å². The number of nitrogens with one attached hydrogen (secondary N) is 1. The van der Waals surface area contributed by atoms with Crippen molar-refractivity contribution in [1.82, 2.24) is 4.98 Å². The van der Waals surface area contributed by atoms with E-state index in [0.29, 0.717) is 11.4 Å². The van der Waals surface area contributed by atoms with Gasteiger partial charge in [-0.1, -0.05) is 6.07 Å². The first-order valence-corrected chi connectivity index (χ1v) is 3.22. The van der Waals surface area contributed by atoms with E-state index in [1.807, 2.05) is 12.1 Å². The molecule has 0 fully saturated rings. The van der Waals surface area contributed by atoms with Crippen LogP contribution in [0.25, 0.3) is 5.70 Å². The van der Waals surface area contributed by atoms with Gasteiger partial charge in [0.2, 0.25) is 0 Å². The van der Waals surface area contributed by atoms with Crippen molar-refractivity contribution in [2.45, 2.75) is 0 Å². The second kappa shape index (κ2) is 3.51. The number of aromatic nitrogens is 1. The van der Waals surface area contributed by atoms with Gasteiger partial charge < -0.3 is 11.1 Å². The highest BCUT2D eigenvalue weighted by atomic mass is 14.7. The molecule has 0 saturated heterocycles. The molecular weight excluding hydrogens is 138 g/mol. The van der Waals surface area contributed by atoms with Crippen LogP contribution >= 0.6 is 0 Å². The van der Waals surface area contributed by atoms with E-state index in [1.54, 1.807) is 12.3 Å². The molecule has 0 spiro atoms. The summed E-state index contributed by atoms with van der Waals surface area (Å²) in [7, 11) is 0. The molecule has 0 aliphatic carbocycles. The Hall–Kier alpha value is -1.64. The molecule has 0 radical (unpaired) electrons. The molecular formula is C8H9N3. The Morgan fingerprint density at radius 3 is 2.91 bits per heavy atom. The summed E-state index contributed by atoms with van der Waals surface area (Å²) >= 11 is 0. The molecule has 0 aliphatic heterocycles. The van der Waals surface area contributed by atoms with Crippen LogP contribution in [0.3, 0.4) is 0 Å². The van der Waals surface area contributed by atoms with Crippen LogP contribution in [-0.4, -0.2) is 11.2 Å². The van der Waals surface area contributed by atoms with Crippen molar-refractivity contribution >= 4 is 11.9 Å². The first-order chi connectivity index (χ1) is 5.34. The normalized spacial score (nSPS) is 11.1. The molecule has 0 saturated carbocycles. The van der Waals surface area contributed by atoms with Crippen molar-refractivity contribution in [3.63, 3.8) is 0 Å². The highest BCUT2D eigenvalue weighted by Crippen LogP contribution is 2.01. The Morgan fingerprint density at radius 1 is 1.55 bits per heavy atom. The van der Waals surface area contributed by atoms with E-state index in [1.165, 1.54) is 6.08 Å². The van der Waals surface area contributed by atoms with Crippen LogP contribution in [-0.2, 0) is 0 Å². The van der Waals surface area contributed by atoms with Gasteiger partial charge in [0.05, 0.1) is 11.4 Å². The van der Waals surface area contributed by atoms with Gasteiger partial charge in [0.25, 0.3) is 0 Å². The number of rotatable bonds is 2. The highest BCUT2D eigenvalue weighted by molar-refractivity contribution is 5.80. The molecule has 56 valence electrons. The van der Waals surface area contributed by atoms with E-state index in [2.05, 4.69) is 4.98 Å². The van der Waals surface area contributed by atoms with E-state index in [0.717, 1.165) is 6.21 Å². The van der Waals surface area contributed by atoms with Gasteiger partial charge in [-0.15, -0.1) is 0 Å². The van der Waals surface area contributed by atoms with Crippen LogP contribution < -0.4 is 5.73 Å². The molecule has 0 amide bonds. The maximum Gasteiger partial charge on any atom is 0.0859 e. The molecule has 1 heterocycles. The van der Waals surface area contributed by atoms with Crippen LogP contribution in [0.5, 0.6) is 0 Å². The van der Waals surface area contributed by atoms with E-state index in [9.17, 15) is 0 Å². The topological polar surface area (TPSA) is 62.8 Å². The van der Waals surface area contributed by atoms with Crippen LogP contribution in [0.1, 0.15) is 5.69 Å². The van der Waals surface area contributed by atoms with Crippen molar-refractivity contribution < 1.29 is 0 Å². The number of nitrogens with zero attached hydrogens (tertiary/aromatic N) is 1. The SMILES string of the molecule is N=C/C=C(/N)c1ccccn1. The molecule has 1 aromatic heterocycles. The second-order valence-electron chi connectivity index (χ2n) is 2.00. The van der Waals surface area contributed by atoms with Gasteiger partial charge in [-0.25, -0.2) is 0 Å². The summed E-state index contributed by atoms with van der Waals surface area (Å²) in [5.74, 6) is 0. The zero-order chi connectivity index (χ0) is 8.10. The van der Waals surface area contributed by atoms with Gasteiger partial charge in [0, 0.05) is 12.4 Å². The largest absolute Gasteiger partial charge is 0.397 e. The molecule has 3 nitrogen and oxygen atoms in total. The summed E-state index contributed by atoms with van der Waals surface area (Å²) in [5.41, 5.74) is 6.77. The third-order valence-electron chi connectivity index (χ3n) is 1.22. The molecule has 1 rings (SSSR count). The quantitative estimate of drug-likeness (QED) is 0.614. The summed E-state index contributed by atoms with van der Waals surface area (Å²) in [6, 6.07) is 5.48. The predicted octanol–water partition coefficient (Wildman–Crippen LogP) is 1.03. The van der Waals surface area contributed by atoms with Crippen LogP contribution in [0, 0.1) is 5.41 Å². The lowest BCUT2D eigenvalue weighted by Gasteiger charge is -1.96. The average molecular weight is 147 g/mol. The fourth-order valence-corrected chi connectivity index (χ4v) is 0.709. The molecule has 11 heavy (non-hydrogen) atoms. The Labute approximate surface area is 65.1 Å². The summed E-state index contributed by atoms with van der Waals surface area (Å²) in [4.78, 5) is 4.00. The van der Waals surface area contributed by atoms with Crippen molar-refractivity contribution in [3.8, 4) is 0 Å². The molecule has 3 heteroatoms. The molecule has 0 bridgehead atoms. The number of hydrogen-bond donors (Lipinski definition) is 2. The third-order valence-corrected chi connectivity index (χ3v) is 1.22. The smallest absolute Gasteiger partial charge is 0.0859 e. The van der Waals surface area contributed by atoms with E-state index in [4.69, 9.17) is 11.1 Å². The van der Waals surface area contributed by atoms with Crippen LogP contribution in [0.2, 0.25) is 0 Å². The van der Waals surface area contributed by atoms with Gasteiger partial charge in [0.1, 0.15) is 0 Å². The fraction of sp³-hybridized carbons (Fsp3) is 0. The fourth-order valence-electron chi connectivity index (χ4n) is 0.709. The number of hydrogen-bond acceptors (Lipinski definition) is 3. The van der Waals surface area contributed by atoms with Gasteiger partial charge in [-0.2, -0.15) is 0 Å². The zero-order valence-corrected chi connectivity index (χ0v) is 5.99. The van der Waals surface area contributed by atoms with Crippen LogP contribution in [0.4, 0.5) is 0 Å². The first kappa shape index (κ1) is 7.47. The van der Waals surface area contributed by atoms with Crippen molar-refractivity contribution in [1.29, 1.82) is 5.41 Å². The maximum absolute atomic E-state index is 6.77. The third kappa shape index (κ3) is 1.89.